The zero-order chi connectivity index (χ0) is 23.7. The second-order valence-corrected chi connectivity index (χ2v) is 9.08. The Morgan fingerprint density at radius 3 is 2.44 bits per heavy atom. The molecule has 1 saturated heterocycles. The van der Waals surface area contributed by atoms with Gasteiger partial charge in [0.15, 0.2) is 0 Å². The standard InChI is InChI=1S/C29H25F2N3/c1-19-2-7-23(8-3-19)28-26(22-9-4-20(17-32)5-10-22)16-24-14-21(6-11-27(24)34-28)15-25-18-33-13-12-29(25,30)31/h2-11,14,16,25,33H,12-13,15,18H2,1H3/t25-/m0/s1. The highest BCUT2D eigenvalue weighted by Crippen LogP contribution is 2.36. The summed E-state index contributed by atoms with van der Waals surface area (Å²) in [5.74, 6) is -3.36. The molecular weight excluding hydrogens is 428 g/mol. The number of pyridine rings is 1. The molecule has 1 aromatic heterocycles. The molecule has 0 unspecified atom stereocenters. The molecule has 0 bridgehead atoms. The quantitative estimate of drug-likeness (QED) is 0.382. The van der Waals surface area contributed by atoms with Crippen LogP contribution in [-0.4, -0.2) is 24.0 Å². The average molecular weight is 454 g/mol. The molecule has 1 N–H and O–H groups in total. The summed E-state index contributed by atoms with van der Waals surface area (Å²) in [5, 5.41) is 13.2. The van der Waals surface area contributed by atoms with Crippen molar-refractivity contribution in [3.05, 3.63) is 89.5 Å². The van der Waals surface area contributed by atoms with E-state index in [2.05, 4.69) is 41.7 Å². The Balaban J connectivity index is 1.60. The van der Waals surface area contributed by atoms with Crippen molar-refractivity contribution >= 4 is 10.9 Å². The number of aryl methyl sites for hydroxylation is 1. The number of nitrogens with zero attached hydrogens (tertiary/aromatic N) is 2. The van der Waals surface area contributed by atoms with Gasteiger partial charge in [-0.25, -0.2) is 13.8 Å². The number of halogens is 2. The van der Waals surface area contributed by atoms with Crippen molar-refractivity contribution in [2.24, 2.45) is 5.92 Å². The Kier molecular flexibility index (Phi) is 5.85. The Bertz CT molecular complexity index is 1370. The van der Waals surface area contributed by atoms with Crippen molar-refractivity contribution in [3.8, 4) is 28.5 Å². The Hall–Kier alpha value is -3.62. The molecular formula is C29H25F2N3. The minimum atomic E-state index is -2.65. The van der Waals surface area contributed by atoms with Gasteiger partial charge in [0, 0.05) is 41.9 Å². The minimum absolute atomic E-state index is 0.116. The fourth-order valence-corrected chi connectivity index (χ4v) is 4.62. The molecule has 0 radical (unpaired) electrons. The van der Waals surface area contributed by atoms with Gasteiger partial charge in [-0.1, -0.05) is 48.0 Å². The number of fused-ring (bicyclic) bond motifs is 1. The van der Waals surface area contributed by atoms with E-state index in [1.54, 1.807) is 12.1 Å². The van der Waals surface area contributed by atoms with Crippen molar-refractivity contribution in [2.75, 3.05) is 13.1 Å². The van der Waals surface area contributed by atoms with Crippen molar-refractivity contribution in [1.82, 2.24) is 10.3 Å². The van der Waals surface area contributed by atoms with Gasteiger partial charge in [-0.15, -0.1) is 0 Å². The highest BCUT2D eigenvalue weighted by Gasteiger charge is 2.41. The topological polar surface area (TPSA) is 48.7 Å². The van der Waals surface area contributed by atoms with Gasteiger partial charge in [0.25, 0.3) is 5.92 Å². The number of piperidine rings is 1. The molecule has 0 amide bonds. The summed E-state index contributed by atoms with van der Waals surface area (Å²) in [4.78, 5) is 4.99. The van der Waals surface area contributed by atoms with E-state index in [1.807, 2.05) is 37.3 Å². The average Bonchev–Trinajstić information content (AvgIpc) is 2.85. The zero-order valence-electron chi connectivity index (χ0n) is 19.0. The molecule has 0 spiro atoms. The maximum atomic E-state index is 14.4. The molecule has 1 aliphatic heterocycles. The number of benzene rings is 3. The van der Waals surface area contributed by atoms with Gasteiger partial charge < -0.3 is 5.32 Å². The van der Waals surface area contributed by atoms with Crippen molar-refractivity contribution in [1.29, 1.82) is 5.26 Å². The van der Waals surface area contributed by atoms with Crippen LogP contribution in [0.15, 0.2) is 72.8 Å². The zero-order valence-corrected chi connectivity index (χ0v) is 19.0. The van der Waals surface area contributed by atoms with Crippen LogP contribution in [0.5, 0.6) is 0 Å². The normalized spacial score (nSPS) is 17.4. The third-order valence-electron chi connectivity index (χ3n) is 6.63. The lowest BCUT2D eigenvalue weighted by molar-refractivity contribution is -0.0776. The van der Waals surface area contributed by atoms with Crippen molar-refractivity contribution < 1.29 is 8.78 Å². The van der Waals surface area contributed by atoms with Gasteiger partial charge in [-0.2, -0.15) is 5.26 Å². The molecule has 0 aliphatic carbocycles. The largest absolute Gasteiger partial charge is 0.316 e. The van der Waals surface area contributed by atoms with Gasteiger partial charge in [-0.3, -0.25) is 0 Å². The van der Waals surface area contributed by atoms with Crippen LogP contribution in [0.1, 0.15) is 23.1 Å². The monoisotopic (exact) mass is 453 g/mol. The maximum Gasteiger partial charge on any atom is 0.253 e. The first-order valence-electron chi connectivity index (χ1n) is 11.5. The van der Waals surface area contributed by atoms with E-state index >= 15 is 0 Å². The lowest BCUT2D eigenvalue weighted by Crippen LogP contribution is -2.45. The first-order chi connectivity index (χ1) is 16.4. The molecule has 0 saturated carbocycles. The van der Waals surface area contributed by atoms with Crippen LogP contribution in [0.3, 0.4) is 0 Å². The van der Waals surface area contributed by atoms with Crippen molar-refractivity contribution in [3.63, 3.8) is 0 Å². The molecule has 1 atom stereocenters. The van der Waals surface area contributed by atoms with E-state index in [0.717, 1.165) is 38.9 Å². The van der Waals surface area contributed by atoms with Crippen LogP contribution < -0.4 is 5.32 Å². The number of nitriles is 1. The summed E-state index contributed by atoms with van der Waals surface area (Å²) in [6.45, 7) is 2.74. The molecule has 1 aliphatic rings. The highest BCUT2D eigenvalue weighted by atomic mass is 19.3. The van der Waals surface area contributed by atoms with Crippen LogP contribution in [0.4, 0.5) is 8.78 Å². The predicted octanol–water partition coefficient (Wildman–Crippen LogP) is 6.54. The van der Waals surface area contributed by atoms with E-state index in [4.69, 9.17) is 4.98 Å². The van der Waals surface area contributed by atoms with Gasteiger partial charge in [0.05, 0.1) is 22.8 Å². The molecule has 3 aromatic carbocycles. The summed E-state index contributed by atoms with van der Waals surface area (Å²) in [5.41, 5.74) is 7.24. The van der Waals surface area contributed by atoms with Crippen LogP contribution in [-0.2, 0) is 6.42 Å². The van der Waals surface area contributed by atoms with Gasteiger partial charge in [-0.05, 0) is 54.8 Å². The van der Waals surface area contributed by atoms with Crippen LogP contribution in [0.2, 0.25) is 0 Å². The molecule has 4 aromatic rings. The summed E-state index contributed by atoms with van der Waals surface area (Å²) >= 11 is 0. The first-order valence-corrected chi connectivity index (χ1v) is 11.5. The third kappa shape index (κ3) is 4.42. The summed E-state index contributed by atoms with van der Waals surface area (Å²) < 4.78 is 28.8. The predicted molar refractivity (Wildman–Crippen MR) is 132 cm³/mol. The van der Waals surface area contributed by atoms with Crippen LogP contribution in [0, 0.1) is 24.2 Å². The third-order valence-corrected chi connectivity index (χ3v) is 6.63. The number of aromatic nitrogens is 1. The Labute approximate surface area is 198 Å². The maximum absolute atomic E-state index is 14.4. The number of hydrogen-bond donors (Lipinski definition) is 1. The van der Waals surface area contributed by atoms with Crippen molar-refractivity contribution in [2.45, 2.75) is 25.7 Å². The van der Waals surface area contributed by atoms with Crippen LogP contribution in [0.25, 0.3) is 33.3 Å². The number of rotatable bonds is 4. The smallest absolute Gasteiger partial charge is 0.253 e. The Morgan fingerprint density at radius 1 is 1.00 bits per heavy atom. The fraction of sp³-hybridized carbons (Fsp3) is 0.241. The number of hydrogen-bond acceptors (Lipinski definition) is 3. The van der Waals surface area contributed by atoms with E-state index in [9.17, 15) is 14.0 Å². The highest BCUT2D eigenvalue weighted by molar-refractivity contribution is 5.92. The summed E-state index contributed by atoms with van der Waals surface area (Å²) in [7, 11) is 0. The van der Waals surface area contributed by atoms with Gasteiger partial charge in [0.2, 0.25) is 0 Å². The molecule has 3 nitrogen and oxygen atoms in total. The second kappa shape index (κ2) is 8.96. The second-order valence-electron chi connectivity index (χ2n) is 9.08. The fourth-order valence-electron chi connectivity index (χ4n) is 4.62. The summed E-state index contributed by atoms with van der Waals surface area (Å²) in [6, 6.07) is 25.8. The molecule has 34 heavy (non-hydrogen) atoms. The minimum Gasteiger partial charge on any atom is -0.316 e. The molecule has 5 rings (SSSR count). The van der Waals surface area contributed by atoms with Gasteiger partial charge >= 0.3 is 0 Å². The van der Waals surface area contributed by atoms with E-state index in [1.165, 1.54) is 5.56 Å². The van der Waals surface area contributed by atoms with Gasteiger partial charge in [0.1, 0.15) is 0 Å². The lowest BCUT2D eigenvalue weighted by atomic mass is 9.88. The molecule has 1 fully saturated rings. The van der Waals surface area contributed by atoms with E-state index in [0.29, 0.717) is 25.1 Å². The molecule has 5 heteroatoms. The number of alkyl halides is 2. The van der Waals surface area contributed by atoms with E-state index < -0.39 is 11.8 Å². The first kappa shape index (κ1) is 22.2. The Morgan fingerprint density at radius 2 is 1.74 bits per heavy atom. The molecule has 170 valence electrons. The lowest BCUT2D eigenvalue weighted by Gasteiger charge is -2.32. The summed E-state index contributed by atoms with van der Waals surface area (Å²) in [6.07, 6.45) is 0.206. The molecule has 2 heterocycles. The SMILES string of the molecule is Cc1ccc(-c2nc3ccc(C[C@H]4CNCCC4(F)F)cc3cc2-c2ccc(C#N)cc2)cc1. The van der Waals surface area contributed by atoms with Crippen LogP contribution >= 0.6 is 0 Å². The van der Waals surface area contributed by atoms with E-state index in [-0.39, 0.29) is 6.42 Å². The number of nitrogens with one attached hydrogen (secondary N) is 1.